The van der Waals surface area contributed by atoms with Crippen molar-refractivity contribution in [2.75, 3.05) is 0 Å². The van der Waals surface area contributed by atoms with Crippen LogP contribution >= 0.6 is 22.9 Å². The lowest BCUT2D eigenvalue weighted by Crippen LogP contribution is -2.12. The average molecular weight is 350 g/mol. The van der Waals surface area contributed by atoms with Gasteiger partial charge in [-0.25, -0.2) is 4.98 Å². The van der Waals surface area contributed by atoms with Crippen LogP contribution < -0.4 is 0 Å². The average Bonchev–Trinajstić information content (AvgIpc) is 3.04. The van der Waals surface area contributed by atoms with E-state index in [4.69, 9.17) is 16.3 Å². The largest absolute Gasteiger partial charge is 0.455 e. The highest BCUT2D eigenvalue weighted by atomic mass is 35.5. The van der Waals surface area contributed by atoms with Crippen LogP contribution in [0.5, 0.6) is 0 Å². The molecule has 0 spiro atoms. The highest BCUT2D eigenvalue weighted by Crippen LogP contribution is 2.28. The van der Waals surface area contributed by atoms with E-state index in [0.717, 1.165) is 20.9 Å². The molecule has 0 bridgehead atoms. The first kappa shape index (κ1) is 16.0. The van der Waals surface area contributed by atoms with Crippen molar-refractivity contribution in [1.82, 2.24) is 14.8 Å². The fourth-order valence-corrected chi connectivity index (χ4v) is 3.56. The molecule has 120 valence electrons. The van der Waals surface area contributed by atoms with Gasteiger partial charge >= 0.3 is 5.97 Å². The molecule has 0 amide bonds. The van der Waals surface area contributed by atoms with E-state index in [0.29, 0.717) is 10.7 Å². The van der Waals surface area contributed by atoms with Crippen molar-refractivity contribution in [2.24, 2.45) is 7.05 Å². The summed E-state index contributed by atoms with van der Waals surface area (Å²) < 4.78 is 8.13. The first-order valence-electron chi connectivity index (χ1n) is 7.18. The van der Waals surface area contributed by atoms with E-state index in [1.54, 1.807) is 11.7 Å². The SMILES string of the molecule is Cc1nn(C)c(Cl)c1CC(=O)O[C@H](C)c1nc2ccccc2s1. The summed E-state index contributed by atoms with van der Waals surface area (Å²) in [6.45, 7) is 3.65. The maximum atomic E-state index is 12.2. The van der Waals surface area contributed by atoms with E-state index < -0.39 is 6.10 Å². The lowest BCUT2D eigenvalue weighted by molar-refractivity contribution is -0.147. The quantitative estimate of drug-likeness (QED) is 0.671. The van der Waals surface area contributed by atoms with Crippen molar-refractivity contribution in [3.05, 3.63) is 45.7 Å². The number of hydrogen-bond acceptors (Lipinski definition) is 5. The Kier molecular flexibility index (Phi) is 4.37. The fraction of sp³-hybridized carbons (Fsp3) is 0.312. The number of hydrogen-bond donors (Lipinski definition) is 0. The first-order chi connectivity index (χ1) is 11.0. The van der Waals surface area contributed by atoms with Crippen LogP contribution in [0.3, 0.4) is 0 Å². The Labute approximate surface area is 142 Å². The number of ether oxygens (including phenoxy) is 1. The zero-order valence-corrected chi connectivity index (χ0v) is 14.6. The van der Waals surface area contributed by atoms with Crippen molar-refractivity contribution < 1.29 is 9.53 Å². The zero-order chi connectivity index (χ0) is 16.6. The number of esters is 1. The van der Waals surface area contributed by atoms with E-state index in [1.807, 2.05) is 38.1 Å². The minimum absolute atomic E-state index is 0.105. The maximum Gasteiger partial charge on any atom is 0.311 e. The molecule has 1 aromatic carbocycles. The van der Waals surface area contributed by atoms with Crippen LogP contribution in [0.15, 0.2) is 24.3 Å². The zero-order valence-electron chi connectivity index (χ0n) is 13.0. The molecule has 0 aliphatic heterocycles. The van der Waals surface area contributed by atoms with Gasteiger partial charge in [-0.15, -0.1) is 11.3 Å². The molecule has 0 saturated heterocycles. The second-order valence-electron chi connectivity index (χ2n) is 5.31. The van der Waals surface area contributed by atoms with Gasteiger partial charge in [0.25, 0.3) is 0 Å². The van der Waals surface area contributed by atoms with E-state index in [-0.39, 0.29) is 12.4 Å². The molecule has 0 unspecified atom stereocenters. The van der Waals surface area contributed by atoms with Crippen molar-refractivity contribution in [2.45, 2.75) is 26.4 Å². The number of carbonyl (C=O) groups is 1. The van der Waals surface area contributed by atoms with E-state index in [9.17, 15) is 4.79 Å². The van der Waals surface area contributed by atoms with Gasteiger partial charge < -0.3 is 4.74 Å². The summed E-state index contributed by atoms with van der Waals surface area (Å²) >= 11 is 7.68. The van der Waals surface area contributed by atoms with Gasteiger partial charge in [0.1, 0.15) is 10.2 Å². The van der Waals surface area contributed by atoms with Crippen LogP contribution in [-0.2, 0) is 23.0 Å². The van der Waals surface area contributed by atoms with Crippen LogP contribution in [0.25, 0.3) is 10.2 Å². The van der Waals surface area contributed by atoms with E-state index in [1.165, 1.54) is 11.3 Å². The molecule has 3 aromatic rings. The molecule has 0 aliphatic carbocycles. The van der Waals surface area contributed by atoms with Crippen LogP contribution in [-0.4, -0.2) is 20.7 Å². The molecular weight excluding hydrogens is 334 g/mol. The third-order valence-electron chi connectivity index (χ3n) is 3.56. The Bertz CT molecular complexity index is 838. The van der Waals surface area contributed by atoms with Gasteiger partial charge in [-0.2, -0.15) is 5.10 Å². The number of benzene rings is 1. The molecule has 0 N–H and O–H groups in total. The van der Waals surface area contributed by atoms with Crippen molar-refractivity contribution in [3.8, 4) is 0 Å². The number of nitrogens with zero attached hydrogens (tertiary/aromatic N) is 3. The summed E-state index contributed by atoms with van der Waals surface area (Å²) in [4.78, 5) is 16.7. The number of rotatable bonds is 4. The number of thiazole rings is 1. The summed E-state index contributed by atoms with van der Waals surface area (Å²) in [7, 11) is 1.74. The van der Waals surface area contributed by atoms with Gasteiger partial charge in [-0.05, 0) is 26.0 Å². The lowest BCUT2D eigenvalue weighted by Gasteiger charge is -2.10. The second-order valence-corrected chi connectivity index (χ2v) is 6.73. The van der Waals surface area contributed by atoms with Gasteiger partial charge in [0, 0.05) is 12.6 Å². The van der Waals surface area contributed by atoms with Gasteiger partial charge in [0.2, 0.25) is 0 Å². The number of aryl methyl sites for hydroxylation is 2. The smallest absolute Gasteiger partial charge is 0.311 e. The predicted molar refractivity (Wildman–Crippen MR) is 90.8 cm³/mol. The summed E-state index contributed by atoms with van der Waals surface area (Å²) in [5.41, 5.74) is 2.36. The normalized spacial score (nSPS) is 12.5. The van der Waals surface area contributed by atoms with Crippen LogP contribution in [0, 0.1) is 6.92 Å². The van der Waals surface area contributed by atoms with Gasteiger partial charge in [-0.3, -0.25) is 9.48 Å². The number of para-hydroxylation sites is 1. The monoisotopic (exact) mass is 349 g/mol. The highest BCUT2D eigenvalue weighted by molar-refractivity contribution is 7.18. The number of fused-ring (bicyclic) bond motifs is 1. The second kappa shape index (κ2) is 6.29. The number of aromatic nitrogens is 3. The van der Waals surface area contributed by atoms with Gasteiger partial charge in [-0.1, -0.05) is 23.7 Å². The Morgan fingerprint density at radius 3 is 2.83 bits per heavy atom. The molecular formula is C16H16ClN3O2S. The summed E-state index contributed by atoms with van der Waals surface area (Å²) in [5.74, 6) is -0.338. The molecule has 0 aliphatic rings. The summed E-state index contributed by atoms with van der Waals surface area (Å²) in [6.07, 6.45) is -0.288. The third-order valence-corrected chi connectivity index (χ3v) is 5.23. The van der Waals surface area contributed by atoms with Crippen molar-refractivity contribution >= 4 is 39.1 Å². The summed E-state index contributed by atoms with van der Waals surface area (Å²) in [5, 5.41) is 5.45. The van der Waals surface area contributed by atoms with Gasteiger partial charge in [0.15, 0.2) is 6.10 Å². The van der Waals surface area contributed by atoms with Crippen LogP contribution in [0.4, 0.5) is 0 Å². The summed E-state index contributed by atoms with van der Waals surface area (Å²) in [6, 6.07) is 7.86. The predicted octanol–water partition coefficient (Wildman–Crippen LogP) is 3.84. The van der Waals surface area contributed by atoms with Crippen molar-refractivity contribution in [1.29, 1.82) is 0 Å². The number of halogens is 1. The maximum absolute atomic E-state index is 12.2. The minimum Gasteiger partial charge on any atom is -0.455 e. The molecule has 23 heavy (non-hydrogen) atoms. The first-order valence-corrected chi connectivity index (χ1v) is 8.38. The van der Waals surface area contributed by atoms with Crippen LogP contribution in [0.1, 0.15) is 29.3 Å². The molecule has 3 rings (SSSR count). The molecule has 2 aromatic heterocycles. The van der Waals surface area contributed by atoms with E-state index >= 15 is 0 Å². The fourth-order valence-electron chi connectivity index (χ4n) is 2.37. The van der Waals surface area contributed by atoms with E-state index in [2.05, 4.69) is 10.1 Å². The Morgan fingerprint density at radius 2 is 2.17 bits per heavy atom. The molecule has 5 nitrogen and oxygen atoms in total. The standard InChI is InChI=1S/C16H16ClN3O2S/c1-9-11(15(17)20(3)19-9)8-14(21)22-10(2)16-18-12-6-4-5-7-13(12)23-16/h4-7,10H,8H2,1-3H3/t10-/m1/s1. The lowest BCUT2D eigenvalue weighted by atomic mass is 10.2. The Hall–Kier alpha value is -1.92. The Morgan fingerprint density at radius 1 is 1.43 bits per heavy atom. The highest BCUT2D eigenvalue weighted by Gasteiger charge is 2.20. The molecule has 7 heteroatoms. The molecule has 0 radical (unpaired) electrons. The molecule has 1 atom stereocenters. The molecule has 0 fully saturated rings. The third kappa shape index (κ3) is 3.23. The van der Waals surface area contributed by atoms with Crippen molar-refractivity contribution in [3.63, 3.8) is 0 Å². The topological polar surface area (TPSA) is 57.0 Å². The van der Waals surface area contributed by atoms with Crippen LogP contribution in [0.2, 0.25) is 5.15 Å². The minimum atomic E-state index is -0.393. The van der Waals surface area contributed by atoms with Gasteiger partial charge in [0.05, 0.1) is 22.3 Å². The molecule has 0 saturated carbocycles. The molecule has 2 heterocycles. The number of carbonyl (C=O) groups excluding carboxylic acids is 1. The Balaban J connectivity index is 1.72.